The molecule has 20 heavy (non-hydrogen) atoms. The number of rotatable bonds is 4. The summed E-state index contributed by atoms with van der Waals surface area (Å²) in [6.45, 7) is 7.82. The fourth-order valence-corrected chi connectivity index (χ4v) is 2.22. The molecule has 1 heterocycles. The molecular weight excluding hydrogens is 256 g/mol. The summed E-state index contributed by atoms with van der Waals surface area (Å²) in [4.78, 5) is 11.6. The lowest BCUT2D eigenvalue weighted by atomic mass is 9.83. The Morgan fingerprint density at radius 2 is 1.85 bits per heavy atom. The molecule has 2 rings (SSSR count). The van der Waals surface area contributed by atoms with E-state index in [1.54, 1.807) is 32.4 Å². The van der Waals surface area contributed by atoms with Crippen LogP contribution < -0.4 is 15.1 Å². The topological polar surface area (TPSA) is 48.7 Å². The van der Waals surface area contributed by atoms with Crippen molar-refractivity contribution in [3.8, 4) is 11.5 Å². The maximum Gasteiger partial charge on any atom is 0.336 e. The first-order valence-electron chi connectivity index (χ1n) is 6.27. The van der Waals surface area contributed by atoms with E-state index in [1.807, 2.05) is 13.8 Å². The standard InChI is InChI=1S/C16H18O4/c1-6-16(2,3)14-12(19-5)9-11(18-4)10-7-8-13(17)20-15(10)14/h6-9H,1H2,2-5H3. The lowest BCUT2D eigenvalue weighted by Crippen LogP contribution is -2.16. The van der Waals surface area contributed by atoms with E-state index >= 15 is 0 Å². The quantitative estimate of drug-likeness (QED) is 0.634. The monoisotopic (exact) mass is 274 g/mol. The summed E-state index contributed by atoms with van der Waals surface area (Å²) in [5, 5.41) is 0.734. The van der Waals surface area contributed by atoms with Crippen LogP contribution in [0.5, 0.6) is 11.5 Å². The molecule has 0 spiro atoms. The molecule has 0 N–H and O–H groups in total. The summed E-state index contributed by atoms with van der Waals surface area (Å²) in [5.41, 5.74) is 0.434. The van der Waals surface area contributed by atoms with Crippen LogP contribution in [-0.2, 0) is 5.41 Å². The Labute approximate surface area is 117 Å². The number of hydrogen-bond donors (Lipinski definition) is 0. The van der Waals surface area contributed by atoms with Crippen molar-refractivity contribution >= 4 is 11.0 Å². The molecule has 1 aromatic heterocycles. The van der Waals surface area contributed by atoms with E-state index in [9.17, 15) is 4.79 Å². The van der Waals surface area contributed by atoms with Crippen molar-refractivity contribution in [2.75, 3.05) is 14.2 Å². The summed E-state index contributed by atoms with van der Waals surface area (Å²) in [5.74, 6) is 1.21. The highest BCUT2D eigenvalue weighted by molar-refractivity contribution is 5.89. The van der Waals surface area contributed by atoms with Gasteiger partial charge < -0.3 is 13.9 Å². The van der Waals surface area contributed by atoms with Gasteiger partial charge in [-0.25, -0.2) is 4.79 Å². The maximum atomic E-state index is 11.6. The Balaban J connectivity index is 3.00. The van der Waals surface area contributed by atoms with Gasteiger partial charge in [0.15, 0.2) is 0 Å². The van der Waals surface area contributed by atoms with Gasteiger partial charge in [-0.15, -0.1) is 6.58 Å². The van der Waals surface area contributed by atoms with Crippen molar-refractivity contribution < 1.29 is 13.9 Å². The molecule has 0 unspecified atom stereocenters. The predicted molar refractivity (Wildman–Crippen MR) is 78.8 cm³/mol. The van der Waals surface area contributed by atoms with E-state index in [4.69, 9.17) is 13.9 Å². The van der Waals surface area contributed by atoms with Gasteiger partial charge in [-0.3, -0.25) is 0 Å². The Morgan fingerprint density at radius 1 is 1.20 bits per heavy atom. The molecule has 1 aromatic carbocycles. The van der Waals surface area contributed by atoms with Crippen molar-refractivity contribution in [3.05, 3.63) is 46.8 Å². The van der Waals surface area contributed by atoms with Crippen molar-refractivity contribution in [3.63, 3.8) is 0 Å². The van der Waals surface area contributed by atoms with Crippen LogP contribution in [0.2, 0.25) is 0 Å². The molecule has 0 saturated heterocycles. The first-order valence-corrected chi connectivity index (χ1v) is 6.27. The largest absolute Gasteiger partial charge is 0.496 e. The van der Waals surface area contributed by atoms with Gasteiger partial charge in [0, 0.05) is 23.1 Å². The molecule has 0 fully saturated rings. The third-order valence-electron chi connectivity index (χ3n) is 3.43. The van der Waals surface area contributed by atoms with Gasteiger partial charge in [-0.2, -0.15) is 0 Å². The highest BCUT2D eigenvalue weighted by atomic mass is 16.5. The molecule has 0 aliphatic carbocycles. The second kappa shape index (κ2) is 5.04. The van der Waals surface area contributed by atoms with Crippen LogP contribution in [0.3, 0.4) is 0 Å². The highest BCUT2D eigenvalue weighted by Crippen LogP contribution is 2.42. The number of fused-ring (bicyclic) bond motifs is 1. The zero-order valence-electron chi connectivity index (χ0n) is 12.1. The third-order valence-corrected chi connectivity index (χ3v) is 3.43. The van der Waals surface area contributed by atoms with Crippen molar-refractivity contribution in [1.29, 1.82) is 0 Å². The minimum absolute atomic E-state index is 0.408. The molecule has 2 aromatic rings. The fraction of sp³-hybridized carbons (Fsp3) is 0.312. The lowest BCUT2D eigenvalue weighted by molar-refractivity contribution is 0.386. The zero-order chi connectivity index (χ0) is 14.9. The van der Waals surface area contributed by atoms with Crippen LogP contribution in [0.1, 0.15) is 19.4 Å². The molecule has 0 saturated carbocycles. The van der Waals surface area contributed by atoms with E-state index in [0.717, 1.165) is 10.9 Å². The van der Waals surface area contributed by atoms with Crippen LogP contribution >= 0.6 is 0 Å². The molecule has 0 radical (unpaired) electrons. The summed E-state index contributed by atoms with van der Waals surface area (Å²) >= 11 is 0. The summed E-state index contributed by atoms with van der Waals surface area (Å²) in [6.07, 6.45) is 1.80. The number of ether oxygens (including phenoxy) is 2. The Morgan fingerprint density at radius 3 is 2.40 bits per heavy atom. The average Bonchev–Trinajstić information content (AvgIpc) is 2.44. The molecule has 0 aliphatic rings. The number of benzene rings is 1. The Bertz CT molecular complexity index is 710. The Kier molecular flexibility index (Phi) is 3.57. The second-order valence-electron chi connectivity index (χ2n) is 5.08. The molecule has 106 valence electrons. The first-order chi connectivity index (χ1) is 9.44. The highest BCUT2D eigenvalue weighted by Gasteiger charge is 2.27. The van der Waals surface area contributed by atoms with E-state index in [2.05, 4.69) is 6.58 Å². The zero-order valence-corrected chi connectivity index (χ0v) is 12.1. The number of hydrogen-bond acceptors (Lipinski definition) is 4. The molecule has 4 nitrogen and oxygen atoms in total. The maximum absolute atomic E-state index is 11.6. The number of methoxy groups -OCH3 is 2. The van der Waals surface area contributed by atoms with Crippen LogP contribution in [0.4, 0.5) is 0 Å². The van der Waals surface area contributed by atoms with E-state index in [1.165, 1.54) is 6.07 Å². The summed E-state index contributed by atoms with van der Waals surface area (Å²) in [6, 6.07) is 4.87. The van der Waals surface area contributed by atoms with Crippen molar-refractivity contribution in [2.45, 2.75) is 19.3 Å². The van der Waals surface area contributed by atoms with Gasteiger partial charge in [-0.1, -0.05) is 19.9 Å². The van der Waals surface area contributed by atoms with Gasteiger partial charge in [0.1, 0.15) is 17.1 Å². The first kappa shape index (κ1) is 14.2. The SMILES string of the molecule is C=CC(C)(C)c1c(OC)cc(OC)c2ccc(=O)oc12. The third kappa shape index (κ3) is 2.18. The van der Waals surface area contributed by atoms with Crippen LogP contribution in [-0.4, -0.2) is 14.2 Å². The Hall–Kier alpha value is -2.23. The number of allylic oxidation sites excluding steroid dienone is 1. The molecule has 0 amide bonds. The minimum atomic E-state index is -0.410. The second-order valence-corrected chi connectivity index (χ2v) is 5.08. The average molecular weight is 274 g/mol. The fourth-order valence-electron chi connectivity index (χ4n) is 2.22. The van der Waals surface area contributed by atoms with Gasteiger partial charge in [0.25, 0.3) is 0 Å². The van der Waals surface area contributed by atoms with Gasteiger partial charge >= 0.3 is 5.63 Å². The van der Waals surface area contributed by atoms with Gasteiger partial charge in [0.2, 0.25) is 0 Å². The molecule has 0 aliphatic heterocycles. The normalized spacial score (nSPS) is 11.4. The van der Waals surface area contributed by atoms with Crippen LogP contribution in [0, 0.1) is 0 Å². The molecule has 0 bridgehead atoms. The molecule has 4 heteroatoms. The van der Waals surface area contributed by atoms with E-state index in [-0.39, 0.29) is 0 Å². The van der Waals surface area contributed by atoms with E-state index in [0.29, 0.717) is 17.1 Å². The predicted octanol–water partition coefficient (Wildman–Crippen LogP) is 3.27. The van der Waals surface area contributed by atoms with Gasteiger partial charge in [-0.05, 0) is 6.07 Å². The minimum Gasteiger partial charge on any atom is -0.496 e. The van der Waals surface area contributed by atoms with Crippen LogP contribution in [0.25, 0.3) is 11.0 Å². The van der Waals surface area contributed by atoms with Crippen molar-refractivity contribution in [1.82, 2.24) is 0 Å². The smallest absolute Gasteiger partial charge is 0.336 e. The molecule has 0 atom stereocenters. The van der Waals surface area contributed by atoms with Gasteiger partial charge in [0.05, 0.1) is 19.6 Å². The molecular formula is C16H18O4. The lowest BCUT2D eigenvalue weighted by Gasteiger charge is -2.24. The summed E-state index contributed by atoms with van der Waals surface area (Å²) in [7, 11) is 3.14. The summed E-state index contributed by atoms with van der Waals surface area (Å²) < 4.78 is 16.2. The van der Waals surface area contributed by atoms with Crippen LogP contribution in [0.15, 0.2) is 40.1 Å². The van der Waals surface area contributed by atoms with Crippen molar-refractivity contribution in [2.24, 2.45) is 0 Å². The van der Waals surface area contributed by atoms with E-state index < -0.39 is 11.0 Å².